The van der Waals surface area contributed by atoms with Gasteiger partial charge in [-0.05, 0) is 55.0 Å². The molecule has 1 nitrogen and oxygen atoms in total. The Balaban J connectivity index is 2.19. The zero-order valence-corrected chi connectivity index (χ0v) is 10.0. The van der Waals surface area contributed by atoms with Gasteiger partial charge < -0.3 is 5.32 Å². The molecule has 0 bridgehead atoms. The minimum Gasteiger partial charge on any atom is -0.316 e. The van der Waals surface area contributed by atoms with Gasteiger partial charge in [0.2, 0.25) is 0 Å². The van der Waals surface area contributed by atoms with E-state index in [9.17, 15) is 4.39 Å². The van der Waals surface area contributed by atoms with Crippen molar-refractivity contribution >= 4 is 0 Å². The minimum atomic E-state index is -0.140. The highest BCUT2D eigenvalue weighted by Crippen LogP contribution is 2.34. The molecule has 1 aromatic carbocycles. The first-order chi connectivity index (χ1) is 7.68. The van der Waals surface area contributed by atoms with E-state index in [1.165, 1.54) is 5.56 Å². The maximum atomic E-state index is 12.9. The summed E-state index contributed by atoms with van der Waals surface area (Å²) in [6, 6.07) is 7.05. The van der Waals surface area contributed by atoms with Crippen LogP contribution in [-0.2, 0) is 0 Å². The molecule has 88 valence electrons. The Bertz CT molecular complexity index is 331. The Morgan fingerprint density at radius 2 is 1.94 bits per heavy atom. The molecule has 2 heteroatoms. The molecule has 16 heavy (non-hydrogen) atoms. The van der Waals surface area contributed by atoms with Gasteiger partial charge in [-0.15, -0.1) is 0 Å². The second-order valence-electron chi connectivity index (χ2n) is 5.06. The Morgan fingerprint density at radius 1 is 1.25 bits per heavy atom. The number of hydrogen-bond donors (Lipinski definition) is 1. The van der Waals surface area contributed by atoms with Crippen LogP contribution in [0, 0.1) is 17.7 Å². The third kappa shape index (κ3) is 2.43. The van der Waals surface area contributed by atoms with Crippen LogP contribution in [0.3, 0.4) is 0 Å². The SMILES string of the molecule is CC(C)C1CNCCC1c1ccc(F)cc1. The Kier molecular flexibility index (Phi) is 3.59. The number of piperidine rings is 1. The van der Waals surface area contributed by atoms with Crippen molar-refractivity contribution < 1.29 is 4.39 Å². The molecule has 0 spiro atoms. The molecule has 0 amide bonds. The lowest BCUT2D eigenvalue weighted by molar-refractivity contribution is 0.255. The molecule has 1 heterocycles. The highest BCUT2D eigenvalue weighted by Gasteiger charge is 2.28. The Morgan fingerprint density at radius 3 is 2.56 bits per heavy atom. The van der Waals surface area contributed by atoms with Crippen LogP contribution in [0.4, 0.5) is 4.39 Å². The summed E-state index contributed by atoms with van der Waals surface area (Å²) in [5, 5.41) is 3.45. The van der Waals surface area contributed by atoms with E-state index in [-0.39, 0.29) is 5.82 Å². The summed E-state index contributed by atoms with van der Waals surface area (Å²) in [6.45, 7) is 6.70. The monoisotopic (exact) mass is 221 g/mol. The van der Waals surface area contributed by atoms with Gasteiger partial charge in [0.05, 0.1) is 0 Å². The smallest absolute Gasteiger partial charge is 0.123 e. The molecule has 2 rings (SSSR count). The van der Waals surface area contributed by atoms with Crippen molar-refractivity contribution in [1.29, 1.82) is 0 Å². The first-order valence-corrected chi connectivity index (χ1v) is 6.14. The maximum absolute atomic E-state index is 12.9. The zero-order valence-electron chi connectivity index (χ0n) is 10.0. The lowest BCUT2D eigenvalue weighted by atomic mass is 9.75. The van der Waals surface area contributed by atoms with Crippen molar-refractivity contribution in [1.82, 2.24) is 5.32 Å². The number of nitrogens with one attached hydrogen (secondary N) is 1. The molecule has 1 aliphatic rings. The van der Waals surface area contributed by atoms with Gasteiger partial charge >= 0.3 is 0 Å². The molecule has 1 N–H and O–H groups in total. The molecule has 1 saturated heterocycles. The van der Waals surface area contributed by atoms with Crippen LogP contribution >= 0.6 is 0 Å². The lowest BCUT2D eigenvalue weighted by Crippen LogP contribution is -2.38. The van der Waals surface area contributed by atoms with E-state index in [2.05, 4.69) is 19.2 Å². The maximum Gasteiger partial charge on any atom is 0.123 e. The summed E-state index contributed by atoms with van der Waals surface area (Å²) in [6.07, 6.45) is 1.16. The van der Waals surface area contributed by atoms with Gasteiger partial charge in [0.1, 0.15) is 5.82 Å². The topological polar surface area (TPSA) is 12.0 Å². The van der Waals surface area contributed by atoms with Crippen LogP contribution < -0.4 is 5.32 Å². The van der Waals surface area contributed by atoms with Crippen molar-refractivity contribution in [2.24, 2.45) is 11.8 Å². The van der Waals surface area contributed by atoms with Gasteiger partial charge in [-0.3, -0.25) is 0 Å². The molecule has 0 saturated carbocycles. The summed E-state index contributed by atoms with van der Waals surface area (Å²) in [5.41, 5.74) is 1.29. The van der Waals surface area contributed by atoms with E-state index >= 15 is 0 Å². The molecule has 1 aliphatic heterocycles. The molecule has 1 aromatic rings. The largest absolute Gasteiger partial charge is 0.316 e. The standard InChI is InChI=1S/C14H20FN/c1-10(2)14-9-16-8-7-13(14)11-3-5-12(15)6-4-11/h3-6,10,13-14,16H,7-9H2,1-2H3. The summed E-state index contributed by atoms with van der Waals surface area (Å²) >= 11 is 0. The Labute approximate surface area is 97.1 Å². The normalized spacial score (nSPS) is 26.0. The average Bonchev–Trinajstić information content (AvgIpc) is 2.30. The fourth-order valence-corrected chi connectivity index (χ4v) is 2.71. The first-order valence-electron chi connectivity index (χ1n) is 6.14. The molecular formula is C14H20FN. The van der Waals surface area contributed by atoms with E-state index in [4.69, 9.17) is 0 Å². The highest BCUT2D eigenvalue weighted by atomic mass is 19.1. The van der Waals surface area contributed by atoms with Gasteiger partial charge in [0.25, 0.3) is 0 Å². The lowest BCUT2D eigenvalue weighted by Gasteiger charge is -2.35. The van der Waals surface area contributed by atoms with Gasteiger partial charge in [-0.1, -0.05) is 26.0 Å². The van der Waals surface area contributed by atoms with Crippen molar-refractivity contribution in [3.63, 3.8) is 0 Å². The van der Waals surface area contributed by atoms with E-state index in [0.29, 0.717) is 17.8 Å². The molecule has 0 radical (unpaired) electrons. The number of rotatable bonds is 2. The van der Waals surface area contributed by atoms with Crippen molar-refractivity contribution in [2.45, 2.75) is 26.2 Å². The van der Waals surface area contributed by atoms with E-state index in [1.54, 1.807) is 12.1 Å². The average molecular weight is 221 g/mol. The molecule has 0 aromatic heterocycles. The van der Waals surface area contributed by atoms with Gasteiger partial charge in [-0.2, -0.15) is 0 Å². The zero-order chi connectivity index (χ0) is 11.5. The van der Waals surface area contributed by atoms with E-state index in [1.807, 2.05) is 12.1 Å². The van der Waals surface area contributed by atoms with Gasteiger partial charge in [0.15, 0.2) is 0 Å². The van der Waals surface area contributed by atoms with Gasteiger partial charge in [0, 0.05) is 0 Å². The molecule has 0 aliphatic carbocycles. The molecule has 1 fully saturated rings. The van der Waals surface area contributed by atoms with Crippen LogP contribution in [0.2, 0.25) is 0 Å². The Hall–Kier alpha value is -0.890. The third-order valence-corrected chi connectivity index (χ3v) is 3.68. The summed E-state index contributed by atoms with van der Waals surface area (Å²) in [7, 11) is 0. The predicted molar refractivity (Wildman–Crippen MR) is 65.0 cm³/mol. The predicted octanol–water partition coefficient (Wildman–Crippen LogP) is 3.17. The number of halogens is 1. The third-order valence-electron chi connectivity index (χ3n) is 3.68. The fourth-order valence-electron chi connectivity index (χ4n) is 2.71. The van der Waals surface area contributed by atoms with Crippen molar-refractivity contribution in [2.75, 3.05) is 13.1 Å². The van der Waals surface area contributed by atoms with Gasteiger partial charge in [-0.25, -0.2) is 4.39 Å². The summed E-state index contributed by atoms with van der Waals surface area (Å²) < 4.78 is 12.9. The highest BCUT2D eigenvalue weighted by molar-refractivity contribution is 5.22. The summed E-state index contributed by atoms with van der Waals surface area (Å²) in [4.78, 5) is 0. The minimum absolute atomic E-state index is 0.140. The first kappa shape index (κ1) is 11.6. The van der Waals surface area contributed by atoms with E-state index in [0.717, 1.165) is 19.5 Å². The second-order valence-corrected chi connectivity index (χ2v) is 5.06. The summed E-state index contributed by atoms with van der Waals surface area (Å²) in [5.74, 6) is 1.78. The molecular weight excluding hydrogens is 201 g/mol. The number of hydrogen-bond acceptors (Lipinski definition) is 1. The number of benzene rings is 1. The van der Waals surface area contributed by atoms with Crippen LogP contribution in [-0.4, -0.2) is 13.1 Å². The van der Waals surface area contributed by atoms with Crippen LogP contribution in [0.5, 0.6) is 0 Å². The second kappa shape index (κ2) is 4.96. The van der Waals surface area contributed by atoms with Crippen LogP contribution in [0.15, 0.2) is 24.3 Å². The van der Waals surface area contributed by atoms with Crippen molar-refractivity contribution in [3.8, 4) is 0 Å². The van der Waals surface area contributed by atoms with Crippen LogP contribution in [0.25, 0.3) is 0 Å². The molecule has 2 atom stereocenters. The van der Waals surface area contributed by atoms with Crippen LogP contribution in [0.1, 0.15) is 31.7 Å². The fraction of sp³-hybridized carbons (Fsp3) is 0.571. The molecule has 2 unspecified atom stereocenters. The van der Waals surface area contributed by atoms with Crippen molar-refractivity contribution in [3.05, 3.63) is 35.6 Å². The van der Waals surface area contributed by atoms with E-state index < -0.39 is 0 Å². The quantitative estimate of drug-likeness (QED) is 0.808.